The molecule has 1 heterocycles. The summed E-state index contributed by atoms with van der Waals surface area (Å²) in [5.74, 6) is -0.171. The average Bonchev–Trinajstić information content (AvgIpc) is 2.53. The first-order chi connectivity index (χ1) is 11.4. The van der Waals surface area contributed by atoms with Gasteiger partial charge in [-0.05, 0) is 19.1 Å². The Kier molecular flexibility index (Phi) is 6.98. The van der Waals surface area contributed by atoms with E-state index in [4.69, 9.17) is 39.5 Å². The maximum atomic E-state index is 12.2. The fraction of sp³-hybridized carbons (Fsp3) is 0.467. The van der Waals surface area contributed by atoms with Gasteiger partial charge >= 0.3 is 6.09 Å². The minimum atomic E-state index is -0.302. The molecule has 0 saturated carbocycles. The zero-order valence-electron chi connectivity index (χ0n) is 13.2. The van der Waals surface area contributed by atoms with Crippen LogP contribution in [0.3, 0.4) is 0 Å². The highest BCUT2D eigenvalue weighted by molar-refractivity contribution is 6.44. The van der Waals surface area contributed by atoms with Crippen LogP contribution in [0.15, 0.2) is 12.1 Å². The highest BCUT2D eigenvalue weighted by atomic mass is 35.5. The van der Waals surface area contributed by atoms with Crippen molar-refractivity contribution in [3.63, 3.8) is 0 Å². The molecule has 1 fully saturated rings. The maximum Gasteiger partial charge on any atom is 0.410 e. The fourth-order valence-electron chi connectivity index (χ4n) is 2.44. The summed E-state index contributed by atoms with van der Waals surface area (Å²) >= 11 is 17.8. The van der Waals surface area contributed by atoms with Crippen molar-refractivity contribution in [2.24, 2.45) is 0 Å². The normalized spacial score (nSPS) is 15.2. The van der Waals surface area contributed by atoms with Crippen LogP contribution < -0.4 is 10.2 Å². The highest BCUT2D eigenvalue weighted by Gasteiger charge is 2.26. The summed E-state index contributed by atoms with van der Waals surface area (Å²) in [6.45, 7) is 4.91. The van der Waals surface area contributed by atoms with E-state index >= 15 is 0 Å². The van der Waals surface area contributed by atoms with Crippen LogP contribution in [0.4, 0.5) is 10.5 Å². The number of nitrogens with zero attached hydrogens (tertiary/aromatic N) is 1. The van der Waals surface area contributed by atoms with Gasteiger partial charge in [0.2, 0.25) is 0 Å². The smallest absolute Gasteiger partial charge is 0.410 e. The first-order valence-corrected chi connectivity index (χ1v) is 8.73. The second-order valence-electron chi connectivity index (χ2n) is 5.41. The number of rotatable bonds is 4. The van der Waals surface area contributed by atoms with Crippen molar-refractivity contribution < 1.29 is 19.2 Å². The molecule has 0 bridgehead atoms. The summed E-state index contributed by atoms with van der Waals surface area (Å²) in [6.07, 6.45) is -0.302. The Labute approximate surface area is 155 Å². The monoisotopic (exact) mass is 394 g/mol. The predicted molar refractivity (Wildman–Crippen MR) is 94.3 cm³/mol. The molecule has 2 rings (SSSR count). The van der Waals surface area contributed by atoms with Gasteiger partial charge in [-0.15, -0.1) is 0 Å². The van der Waals surface area contributed by atoms with Crippen molar-refractivity contribution in [3.8, 4) is 0 Å². The van der Waals surface area contributed by atoms with E-state index in [1.807, 2.05) is 0 Å². The van der Waals surface area contributed by atoms with E-state index in [-0.39, 0.29) is 18.5 Å². The molecule has 24 heavy (non-hydrogen) atoms. The Hall–Kier alpha value is -1.21. The number of hydrogen-bond donors (Lipinski definition) is 2. The summed E-state index contributed by atoms with van der Waals surface area (Å²) < 4.78 is 4.97. The fourth-order valence-corrected chi connectivity index (χ4v) is 3.03. The minimum Gasteiger partial charge on any atom is -0.450 e. The van der Waals surface area contributed by atoms with E-state index in [0.717, 1.165) is 4.90 Å². The van der Waals surface area contributed by atoms with Gasteiger partial charge in [-0.3, -0.25) is 9.69 Å². The first-order valence-electron chi connectivity index (χ1n) is 7.60. The van der Waals surface area contributed by atoms with Crippen LogP contribution >= 0.6 is 34.8 Å². The second kappa shape index (κ2) is 8.76. The Balaban J connectivity index is 1.84. The van der Waals surface area contributed by atoms with Gasteiger partial charge in [0.25, 0.3) is 5.91 Å². The lowest BCUT2D eigenvalue weighted by molar-refractivity contribution is -0.895. The molecule has 1 aliphatic rings. The molecule has 0 aromatic heterocycles. The van der Waals surface area contributed by atoms with Gasteiger partial charge in [0.05, 0.1) is 53.5 Å². The molecular weight excluding hydrogens is 377 g/mol. The number of benzene rings is 1. The number of nitrogens with one attached hydrogen (secondary N) is 2. The Morgan fingerprint density at radius 2 is 1.79 bits per heavy atom. The number of hydrogen-bond acceptors (Lipinski definition) is 3. The van der Waals surface area contributed by atoms with E-state index in [0.29, 0.717) is 53.5 Å². The standard InChI is InChI=1S/C15H18Cl3N3O3/c1-2-24-15(23)21-5-3-20(4-6-21)9-14(22)19-13-8-11(17)10(16)7-12(13)18/h7-8H,2-6,9H2,1H3,(H,19,22)/p+1. The molecule has 6 nitrogen and oxygen atoms in total. The van der Waals surface area contributed by atoms with Gasteiger partial charge in [0.15, 0.2) is 6.54 Å². The summed E-state index contributed by atoms with van der Waals surface area (Å²) in [6, 6.07) is 3.02. The number of carbonyl (C=O) groups excluding carboxylic acids is 2. The summed E-state index contributed by atoms with van der Waals surface area (Å²) in [7, 11) is 0. The van der Waals surface area contributed by atoms with Gasteiger partial charge in [-0.1, -0.05) is 34.8 Å². The maximum absolute atomic E-state index is 12.2. The number of carbonyl (C=O) groups is 2. The van der Waals surface area contributed by atoms with Crippen molar-refractivity contribution in [2.45, 2.75) is 6.92 Å². The van der Waals surface area contributed by atoms with Crippen LogP contribution in [0, 0.1) is 0 Å². The molecule has 1 aromatic rings. The third-order valence-electron chi connectivity index (χ3n) is 3.69. The molecule has 1 aliphatic heterocycles. The van der Waals surface area contributed by atoms with Gasteiger partial charge in [0.1, 0.15) is 0 Å². The zero-order valence-corrected chi connectivity index (χ0v) is 15.5. The van der Waals surface area contributed by atoms with Crippen molar-refractivity contribution in [2.75, 3.05) is 44.6 Å². The van der Waals surface area contributed by atoms with Gasteiger partial charge < -0.3 is 15.0 Å². The number of anilines is 1. The van der Waals surface area contributed by atoms with E-state index in [1.54, 1.807) is 11.8 Å². The molecule has 0 aliphatic carbocycles. The topological polar surface area (TPSA) is 63.1 Å². The van der Waals surface area contributed by atoms with Crippen molar-refractivity contribution in [1.82, 2.24) is 4.90 Å². The third-order valence-corrected chi connectivity index (χ3v) is 4.73. The Morgan fingerprint density at radius 3 is 2.42 bits per heavy atom. The predicted octanol–water partition coefficient (Wildman–Crippen LogP) is 1.94. The van der Waals surface area contributed by atoms with Crippen molar-refractivity contribution in [1.29, 1.82) is 0 Å². The van der Waals surface area contributed by atoms with Gasteiger partial charge in [0, 0.05) is 0 Å². The molecule has 2 amide bonds. The molecule has 132 valence electrons. The number of halogens is 3. The summed E-state index contributed by atoms with van der Waals surface area (Å²) in [5.41, 5.74) is 0.431. The van der Waals surface area contributed by atoms with Gasteiger partial charge in [-0.25, -0.2) is 4.79 Å². The number of amides is 2. The molecule has 1 saturated heterocycles. The average molecular weight is 396 g/mol. The molecule has 0 atom stereocenters. The highest BCUT2D eigenvalue weighted by Crippen LogP contribution is 2.32. The van der Waals surface area contributed by atoms with Crippen LogP contribution in [-0.4, -0.2) is 56.2 Å². The summed E-state index contributed by atoms with van der Waals surface area (Å²) in [4.78, 5) is 26.6. The number of quaternary nitrogens is 1. The zero-order chi connectivity index (χ0) is 17.7. The molecule has 0 spiro atoms. The van der Waals surface area contributed by atoms with E-state index in [1.165, 1.54) is 12.1 Å². The summed E-state index contributed by atoms with van der Waals surface area (Å²) in [5, 5.41) is 3.73. The Morgan fingerprint density at radius 1 is 1.17 bits per heavy atom. The third kappa shape index (κ3) is 5.14. The lowest BCUT2D eigenvalue weighted by atomic mass is 10.3. The minimum absolute atomic E-state index is 0.171. The molecule has 9 heteroatoms. The largest absolute Gasteiger partial charge is 0.450 e. The van der Waals surface area contributed by atoms with Crippen LogP contribution in [0.5, 0.6) is 0 Å². The van der Waals surface area contributed by atoms with Crippen LogP contribution in [0.25, 0.3) is 0 Å². The first kappa shape index (κ1) is 19.1. The number of ether oxygens (including phenoxy) is 1. The molecule has 1 aromatic carbocycles. The second-order valence-corrected chi connectivity index (χ2v) is 6.63. The van der Waals surface area contributed by atoms with E-state index < -0.39 is 0 Å². The van der Waals surface area contributed by atoms with Crippen molar-refractivity contribution in [3.05, 3.63) is 27.2 Å². The van der Waals surface area contributed by atoms with Crippen molar-refractivity contribution >= 4 is 52.5 Å². The van der Waals surface area contributed by atoms with Gasteiger partial charge in [-0.2, -0.15) is 0 Å². The lowest BCUT2D eigenvalue weighted by Gasteiger charge is -2.31. The Bertz CT molecular complexity index is 619. The van der Waals surface area contributed by atoms with Crippen LogP contribution in [-0.2, 0) is 9.53 Å². The number of piperazine rings is 1. The molecule has 0 radical (unpaired) electrons. The van der Waals surface area contributed by atoms with Crippen LogP contribution in [0.2, 0.25) is 15.1 Å². The lowest BCUT2D eigenvalue weighted by Crippen LogP contribution is -3.15. The molecular formula is C15H19Cl3N3O3+. The quantitative estimate of drug-likeness (QED) is 0.766. The van der Waals surface area contributed by atoms with E-state index in [9.17, 15) is 9.59 Å². The van der Waals surface area contributed by atoms with E-state index in [2.05, 4.69) is 5.32 Å². The van der Waals surface area contributed by atoms with Crippen LogP contribution in [0.1, 0.15) is 6.92 Å². The SMILES string of the molecule is CCOC(=O)N1CC[NH+](CC(=O)Nc2cc(Cl)c(Cl)cc2Cl)CC1. The molecule has 0 unspecified atom stereocenters. The molecule has 2 N–H and O–H groups in total.